The summed E-state index contributed by atoms with van der Waals surface area (Å²) in [6.07, 6.45) is 1.76. The van der Waals surface area contributed by atoms with Crippen LogP contribution < -0.4 is 5.32 Å². The van der Waals surface area contributed by atoms with Crippen molar-refractivity contribution in [3.63, 3.8) is 0 Å². The van der Waals surface area contributed by atoms with Crippen LogP contribution in [0, 0.1) is 0 Å². The molecule has 6 heteroatoms. The highest BCUT2D eigenvalue weighted by molar-refractivity contribution is 7.91. The Hall–Kier alpha value is -0.170. The van der Waals surface area contributed by atoms with Crippen molar-refractivity contribution in [2.45, 2.75) is 38.3 Å². The summed E-state index contributed by atoms with van der Waals surface area (Å²) in [6, 6.07) is 0.124. The smallest absolute Gasteiger partial charge is 0.151 e. The summed E-state index contributed by atoms with van der Waals surface area (Å²) in [5.41, 5.74) is 0.0466. The fourth-order valence-electron chi connectivity index (χ4n) is 2.86. The van der Waals surface area contributed by atoms with Crippen LogP contribution in [0.3, 0.4) is 0 Å². The highest BCUT2D eigenvalue weighted by atomic mass is 32.2. The second-order valence-corrected chi connectivity index (χ2v) is 8.47. The summed E-state index contributed by atoms with van der Waals surface area (Å²) in [4.78, 5) is 2.42. The van der Waals surface area contributed by atoms with E-state index in [2.05, 4.69) is 24.1 Å². The molecule has 1 N–H and O–H groups in total. The molecular formula is C13H26N2O3S. The van der Waals surface area contributed by atoms with Crippen LogP contribution in [0.15, 0.2) is 0 Å². The molecule has 2 saturated heterocycles. The van der Waals surface area contributed by atoms with Crippen molar-refractivity contribution in [2.24, 2.45) is 0 Å². The Morgan fingerprint density at radius 2 is 2.00 bits per heavy atom. The van der Waals surface area contributed by atoms with Gasteiger partial charge in [-0.25, -0.2) is 8.42 Å². The van der Waals surface area contributed by atoms with Crippen molar-refractivity contribution in [3.05, 3.63) is 0 Å². The van der Waals surface area contributed by atoms with E-state index in [-0.39, 0.29) is 11.6 Å². The van der Waals surface area contributed by atoms with Crippen LogP contribution >= 0.6 is 0 Å². The van der Waals surface area contributed by atoms with Gasteiger partial charge >= 0.3 is 0 Å². The van der Waals surface area contributed by atoms with Gasteiger partial charge in [0.15, 0.2) is 9.84 Å². The molecule has 0 radical (unpaired) electrons. The number of ether oxygens (including phenoxy) is 1. The van der Waals surface area contributed by atoms with E-state index in [4.69, 9.17) is 4.74 Å². The first kappa shape index (κ1) is 15.2. The van der Waals surface area contributed by atoms with Gasteiger partial charge in [0.1, 0.15) is 0 Å². The molecule has 112 valence electrons. The van der Waals surface area contributed by atoms with Gasteiger partial charge in [0.05, 0.1) is 24.7 Å². The molecule has 2 rings (SSSR count). The predicted molar refractivity (Wildman–Crippen MR) is 76.1 cm³/mol. The molecule has 0 aromatic carbocycles. The molecule has 2 fully saturated rings. The molecule has 0 saturated carbocycles. The monoisotopic (exact) mass is 290 g/mol. The second-order valence-electron chi connectivity index (χ2n) is 6.25. The lowest BCUT2D eigenvalue weighted by Crippen LogP contribution is -2.56. The van der Waals surface area contributed by atoms with Crippen LogP contribution in [0.1, 0.15) is 26.7 Å². The molecule has 0 spiro atoms. The van der Waals surface area contributed by atoms with Crippen molar-refractivity contribution in [3.8, 4) is 0 Å². The van der Waals surface area contributed by atoms with Crippen molar-refractivity contribution in [2.75, 3.05) is 44.4 Å². The Balaban J connectivity index is 1.83. The molecule has 2 heterocycles. The third kappa shape index (κ3) is 4.41. The van der Waals surface area contributed by atoms with Crippen LogP contribution in [0.2, 0.25) is 0 Å². The molecule has 19 heavy (non-hydrogen) atoms. The average molecular weight is 290 g/mol. The largest absolute Gasteiger partial charge is 0.379 e. The van der Waals surface area contributed by atoms with Crippen molar-refractivity contribution in [1.29, 1.82) is 0 Å². The highest BCUT2D eigenvalue weighted by Gasteiger charge is 2.30. The van der Waals surface area contributed by atoms with Gasteiger partial charge in [-0.2, -0.15) is 0 Å². The van der Waals surface area contributed by atoms with E-state index in [0.717, 1.165) is 45.7 Å². The fraction of sp³-hybridized carbons (Fsp3) is 1.00. The molecule has 0 aliphatic carbocycles. The van der Waals surface area contributed by atoms with Crippen LogP contribution in [0.25, 0.3) is 0 Å². The normalized spacial score (nSPS) is 29.3. The molecule has 2 aliphatic heterocycles. The molecule has 0 aromatic heterocycles. The Morgan fingerprint density at radius 3 is 2.63 bits per heavy atom. The quantitative estimate of drug-likeness (QED) is 0.805. The summed E-state index contributed by atoms with van der Waals surface area (Å²) < 4.78 is 28.6. The summed E-state index contributed by atoms with van der Waals surface area (Å²) in [7, 11) is -2.82. The van der Waals surface area contributed by atoms with Gasteiger partial charge in [0, 0.05) is 31.2 Å². The first-order valence-corrected chi connectivity index (χ1v) is 8.98. The third-order valence-electron chi connectivity index (χ3n) is 4.15. The van der Waals surface area contributed by atoms with E-state index >= 15 is 0 Å². The third-order valence-corrected chi connectivity index (χ3v) is 5.97. The lowest BCUT2D eigenvalue weighted by molar-refractivity contribution is -0.0103. The van der Waals surface area contributed by atoms with Crippen molar-refractivity contribution >= 4 is 9.84 Å². The molecule has 1 atom stereocenters. The maximum atomic E-state index is 11.6. The van der Waals surface area contributed by atoms with Gasteiger partial charge in [-0.1, -0.05) is 0 Å². The summed E-state index contributed by atoms with van der Waals surface area (Å²) in [5.74, 6) is 0.657. The Labute approximate surface area is 116 Å². The molecule has 0 bridgehead atoms. The maximum Gasteiger partial charge on any atom is 0.151 e. The van der Waals surface area contributed by atoms with Gasteiger partial charge in [0.25, 0.3) is 0 Å². The van der Waals surface area contributed by atoms with Crippen molar-refractivity contribution in [1.82, 2.24) is 10.2 Å². The summed E-state index contributed by atoms with van der Waals surface area (Å²) in [6.45, 7) is 8.75. The molecule has 0 aromatic rings. The average Bonchev–Trinajstić information content (AvgIpc) is 2.37. The minimum absolute atomic E-state index is 0.0466. The number of sulfone groups is 1. The van der Waals surface area contributed by atoms with Crippen molar-refractivity contribution < 1.29 is 13.2 Å². The minimum atomic E-state index is -2.82. The van der Waals surface area contributed by atoms with E-state index in [1.165, 1.54) is 0 Å². The minimum Gasteiger partial charge on any atom is -0.379 e. The van der Waals surface area contributed by atoms with Gasteiger partial charge in [-0.3, -0.25) is 4.90 Å². The molecule has 5 nitrogen and oxygen atoms in total. The Bertz CT molecular complexity index is 389. The number of hydrogen-bond acceptors (Lipinski definition) is 5. The lowest BCUT2D eigenvalue weighted by Gasteiger charge is -2.42. The van der Waals surface area contributed by atoms with Gasteiger partial charge in [-0.15, -0.1) is 0 Å². The zero-order chi connectivity index (χ0) is 13.9. The fourth-order valence-corrected chi connectivity index (χ4v) is 4.53. The molecule has 2 aliphatic rings. The first-order chi connectivity index (χ1) is 8.89. The predicted octanol–water partition coefficient (Wildman–Crippen LogP) is 0.264. The number of rotatable bonds is 4. The van der Waals surface area contributed by atoms with E-state index < -0.39 is 9.84 Å². The lowest BCUT2D eigenvalue weighted by atomic mass is 10.0. The molecular weight excluding hydrogens is 264 g/mol. The van der Waals surface area contributed by atoms with E-state index in [1.54, 1.807) is 0 Å². The van der Waals surface area contributed by atoms with E-state index in [9.17, 15) is 8.42 Å². The zero-order valence-electron chi connectivity index (χ0n) is 12.0. The van der Waals surface area contributed by atoms with Crippen LogP contribution in [0.5, 0.6) is 0 Å². The summed E-state index contributed by atoms with van der Waals surface area (Å²) >= 11 is 0. The number of nitrogens with zero attached hydrogens (tertiary/aromatic N) is 1. The van der Waals surface area contributed by atoms with Gasteiger partial charge in [0.2, 0.25) is 0 Å². The van der Waals surface area contributed by atoms with Crippen LogP contribution in [-0.4, -0.2) is 69.3 Å². The van der Waals surface area contributed by atoms with Crippen LogP contribution in [-0.2, 0) is 14.6 Å². The zero-order valence-corrected chi connectivity index (χ0v) is 12.8. The SMILES string of the molecule is CC(C)(CNC1CCCS(=O)(=O)C1)N1CCOCC1. The highest BCUT2D eigenvalue weighted by Crippen LogP contribution is 2.17. The van der Waals surface area contributed by atoms with Gasteiger partial charge in [-0.05, 0) is 26.7 Å². The first-order valence-electron chi connectivity index (χ1n) is 7.16. The van der Waals surface area contributed by atoms with E-state index in [0.29, 0.717) is 11.5 Å². The number of nitrogens with one attached hydrogen (secondary N) is 1. The molecule has 1 unspecified atom stereocenters. The van der Waals surface area contributed by atoms with Crippen LogP contribution in [0.4, 0.5) is 0 Å². The summed E-state index contributed by atoms with van der Waals surface area (Å²) in [5, 5.41) is 3.45. The second kappa shape index (κ2) is 6.08. The topological polar surface area (TPSA) is 58.6 Å². The van der Waals surface area contributed by atoms with E-state index in [1.807, 2.05) is 0 Å². The Kier molecular flexibility index (Phi) is 4.87. The standard InChI is InChI=1S/C13H26N2O3S/c1-13(2,15-5-7-18-8-6-15)11-14-12-4-3-9-19(16,17)10-12/h12,14H,3-11H2,1-2H3. The van der Waals surface area contributed by atoms with Gasteiger partial charge < -0.3 is 10.1 Å². The number of hydrogen-bond donors (Lipinski definition) is 1. The molecule has 0 amide bonds. The number of morpholine rings is 1. The Morgan fingerprint density at radius 1 is 1.32 bits per heavy atom. The maximum absolute atomic E-state index is 11.6.